The predicted octanol–water partition coefficient (Wildman–Crippen LogP) is 3.07. The Bertz CT molecular complexity index is 312. The maximum Gasteiger partial charge on any atom is 0.0685 e. The quantitative estimate of drug-likeness (QED) is 0.847. The summed E-state index contributed by atoms with van der Waals surface area (Å²) in [7, 11) is 0. The summed E-state index contributed by atoms with van der Waals surface area (Å²) >= 11 is 2.09. The highest BCUT2D eigenvalue weighted by molar-refractivity contribution is 8.00. The van der Waals surface area contributed by atoms with Gasteiger partial charge in [-0.15, -0.1) is 0 Å². The van der Waals surface area contributed by atoms with Crippen molar-refractivity contribution in [3.63, 3.8) is 0 Å². The Morgan fingerprint density at radius 2 is 2.00 bits per heavy atom. The second-order valence-corrected chi connectivity index (χ2v) is 8.29. The molecule has 1 N–H and O–H groups in total. The average molecular weight is 269 g/mol. The molecule has 0 spiro atoms. The molecule has 18 heavy (non-hydrogen) atoms. The Labute approximate surface area is 116 Å². The topological polar surface area (TPSA) is 21.3 Å². The van der Waals surface area contributed by atoms with E-state index in [1.807, 2.05) is 0 Å². The molecule has 1 saturated heterocycles. The standard InChI is InChI=1S/C15H27NOS/c1-14(2)12(11-6-9-17-13(11)14)16-10-15(18-3)7-4-5-8-15/h11-13,16H,4-10H2,1-3H3. The molecule has 0 aromatic rings. The maximum atomic E-state index is 5.88. The zero-order valence-corrected chi connectivity index (χ0v) is 12.8. The minimum absolute atomic E-state index is 0.333. The van der Waals surface area contributed by atoms with Gasteiger partial charge in [-0.05, 0) is 25.5 Å². The number of nitrogens with one attached hydrogen (secondary N) is 1. The number of hydrogen-bond acceptors (Lipinski definition) is 3. The van der Waals surface area contributed by atoms with Crippen LogP contribution in [0.1, 0.15) is 46.0 Å². The Morgan fingerprint density at radius 3 is 2.67 bits per heavy atom. The van der Waals surface area contributed by atoms with Crippen molar-refractivity contribution >= 4 is 11.8 Å². The second-order valence-electron chi connectivity index (χ2n) is 7.02. The zero-order chi connectivity index (χ0) is 12.8. The predicted molar refractivity (Wildman–Crippen MR) is 78.1 cm³/mol. The van der Waals surface area contributed by atoms with Gasteiger partial charge in [-0.3, -0.25) is 0 Å². The van der Waals surface area contributed by atoms with Gasteiger partial charge in [0.15, 0.2) is 0 Å². The minimum Gasteiger partial charge on any atom is -0.377 e. The summed E-state index contributed by atoms with van der Waals surface area (Å²) in [5, 5.41) is 3.91. The SMILES string of the molecule is CSC1(CNC2C3CCOC3C2(C)C)CCCC1. The van der Waals surface area contributed by atoms with Gasteiger partial charge in [0.05, 0.1) is 6.10 Å². The summed E-state index contributed by atoms with van der Waals surface area (Å²) < 4.78 is 6.40. The van der Waals surface area contributed by atoms with Crippen LogP contribution >= 0.6 is 11.8 Å². The first-order chi connectivity index (χ1) is 8.59. The highest BCUT2D eigenvalue weighted by Gasteiger charge is 2.59. The van der Waals surface area contributed by atoms with Gasteiger partial charge in [-0.25, -0.2) is 0 Å². The van der Waals surface area contributed by atoms with E-state index in [2.05, 4.69) is 37.2 Å². The van der Waals surface area contributed by atoms with Gasteiger partial charge in [-0.1, -0.05) is 26.7 Å². The number of fused-ring (bicyclic) bond motifs is 1. The molecule has 3 unspecified atom stereocenters. The van der Waals surface area contributed by atoms with Crippen LogP contribution in [0.2, 0.25) is 0 Å². The molecular weight excluding hydrogens is 242 g/mol. The van der Waals surface area contributed by atoms with Crippen molar-refractivity contribution in [2.24, 2.45) is 11.3 Å². The third-order valence-electron chi connectivity index (χ3n) is 5.69. The van der Waals surface area contributed by atoms with Gasteiger partial charge < -0.3 is 10.1 Å². The monoisotopic (exact) mass is 269 g/mol. The third kappa shape index (κ3) is 1.94. The average Bonchev–Trinajstić information content (AvgIpc) is 2.97. The van der Waals surface area contributed by atoms with Crippen molar-refractivity contribution in [1.82, 2.24) is 5.32 Å². The van der Waals surface area contributed by atoms with Gasteiger partial charge in [0, 0.05) is 35.3 Å². The summed E-state index contributed by atoms with van der Waals surface area (Å²) in [6.45, 7) is 6.92. The number of hydrogen-bond donors (Lipinski definition) is 1. The van der Waals surface area contributed by atoms with Crippen LogP contribution in [-0.2, 0) is 4.74 Å². The van der Waals surface area contributed by atoms with Gasteiger partial charge >= 0.3 is 0 Å². The van der Waals surface area contributed by atoms with E-state index in [1.165, 1.54) is 38.6 Å². The molecule has 3 aliphatic rings. The van der Waals surface area contributed by atoms with E-state index < -0.39 is 0 Å². The van der Waals surface area contributed by atoms with Gasteiger partial charge in [-0.2, -0.15) is 11.8 Å². The normalized spacial score (nSPS) is 40.5. The second kappa shape index (κ2) is 4.68. The third-order valence-corrected chi connectivity index (χ3v) is 7.11. The molecule has 1 heterocycles. The first kappa shape index (κ1) is 13.3. The Kier molecular flexibility index (Phi) is 3.44. The van der Waals surface area contributed by atoms with Crippen LogP contribution in [0.25, 0.3) is 0 Å². The van der Waals surface area contributed by atoms with Gasteiger partial charge in [0.1, 0.15) is 0 Å². The molecule has 0 amide bonds. The van der Waals surface area contributed by atoms with Crippen molar-refractivity contribution in [3.8, 4) is 0 Å². The summed E-state index contributed by atoms with van der Waals surface area (Å²) in [6, 6.07) is 0.676. The lowest BCUT2D eigenvalue weighted by molar-refractivity contribution is -0.112. The Morgan fingerprint density at radius 1 is 1.28 bits per heavy atom. The first-order valence-corrected chi connectivity index (χ1v) is 8.72. The van der Waals surface area contributed by atoms with E-state index >= 15 is 0 Å². The van der Waals surface area contributed by atoms with Crippen molar-refractivity contribution < 1.29 is 4.74 Å². The number of thioether (sulfide) groups is 1. The van der Waals surface area contributed by atoms with Crippen molar-refractivity contribution in [2.75, 3.05) is 19.4 Å². The molecule has 104 valence electrons. The molecule has 0 radical (unpaired) electrons. The fraction of sp³-hybridized carbons (Fsp3) is 1.00. The molecule has 3 fully saturated rings. The van der Waals surface area contributed by atoms with Gasteiger partial charge in [0.2, 0.25) is 0 Å². The fourth-order valence-corrected chi connectivity index (χ4v) is 5.43. The lowest BCUT2D eigenvalue weighted by Gasteiger charge is -2.55. The van der Waals surface area contributed by atoms with Crippen LogP contribution in [0.5, 0.6) is 0 Å². The Balaban J connectivity index is 1.60. The molecule has 3 heteroatoms. The summed E-state index contributed by atoms with van der Waals surface area (Å²) in [5.41, 5.74) is 0.333. The Hall–Kier alpha value is 0.270. The molecule has 2 saturated carbocycles. The number of rotatable bonds is 4. The minimum atomic E-state index is 0.333. The van der Waals surface area contributed by atoms with E-state index in [0.29, 0.717) is 22.3 Å². The van der Waals surface area contributed by atoms with Crippen LogP contribution in [-0.4, -0.2) is 36.3 Å². The lowest BCUT2D eigenvalue weighted by Crippen LogP contribution is -2.66. The van der Waals surface area contributed by atoms with Gasteiger partial charge in [0.25, 0.3) is 0 Å². The highest BCUT2D eigenvalue weighted by Crippen LogP contribution is 2.52. The van der Waals surface area contributed by atoms with E-state index in [4.69, 9.17) is 4.74 Å². The van der Waals surface area contributed by atoms with E-state index in [9.17, 15) is 0 Å². The van der Waals surface area contributed by atoms with Crippen molar-refractivity contribution in [3.05, 3.63) is 0 Å². The van der Waals surface area contributed by atoms with Crippen molar-refractivity contribution in [2.45, 2.75) is 62.8 Å². The summed E-state index contributed by atoms with van der Waals surface area (Å²) in [4.78, 5) is 0. The van der Waals surface area contributed by atoms with Crippen LogP contribution in [0.4, 0.5) is 0 Å². The maximum absolute atomic E-state index is 5.88. The molecule has 0 bridgehead atoms. The summed E-state index contributed by atoms with van der Waals surface area (Å²) in [5.74, 6) is 0.778. The molecule has 2 nitrogen and oxygen atoms in total. The van der Waals surface area contributed by atoms with Crippen LogP contribution in [0.3, 0.4) is 0 Å². The van der Waals surface area contributed by atoms with E-state index in [1.54, 1.807) is 0 Å². The van der Waals surface area contributed by atoms with Crippen LogP contribution < -0.4 is 5.32 Å². The largest absolute Gasteiger partial charge is 0.377 e. The summed E-state index contributed by atoms with van der Waals surface area (Å²) in [6.07, 6.45) is 9.72. The molecule has 2 aliphatic carbocycles. The molecule has 0 aromatic carbocycles. The first-order valence-electron chi connectivity index (χ1n) is 7.49. The molecular formula is C15H27NOS. The van der Waals surface area contributed by atoms with E-state index in [-0.39, 0.29) is 0 Å². The lowest BCUT2D eigenvalue weighted by atomic mass is 9.57. The van der Waals surface area contributed by atoms with Crippen molar-refractivity contribution in [1.29, 1.82) is 0 Å². The van der Waals surface area contributed by atoms with Crippen LogP contribution in [0, 0.1) is 11.3 Å². The van der Waals surface area contributed by atoms with Crippen LogP contribution in [0.15, 0.2) is 0 Å². The molecule has 3 atom stereocenters. The smallest absolute Gasteiger partial charge is 0.0685 e. The highest BCUT2D eigenvalue weighted by atomic mass is 32.2. The fourth-order valence-electron chi connectivity index (χ4n) is 4.51. The zero-order valence-electron chi connectivity index (χ0n) is 12.0. The molecule has 0 aromatic heterocycles. The molecule has 1 aliphatic heterocycles. The molecule has 3 rings (SSSR count). The van der Waals surface area contributed by atoms with E-state index in [0.717, 1.165) is 12.5 Å². The number of ether oxygens (including phenoxy) is 1.